The third-order valence-electron chi connectivity index (χ3n) is 5.36. The molecule has 3 aliphatic rings. The van der Waals surface area contributed by atoms with Crippen molar-refractivity contribution in [1.29, 1.82) is 0 Å². The van der Waals surface area contributed by atoms with E-state index in [2.05, 4.69) is 0 Å². The molecule has 0 bridgehead atoms. The Bertz CT molecular complexity index is 699. The van der Waals surface area contributed by atoms with Crippen LogP contribution in [0, 0.1) is 5.92 Å². The van der Waals surface area contributed by atoms with Gasteiger partial charge >= 0.3 is 11.9 Å². The maximum Gasteiger partial charge on any atom is 0.347 e. The molecule has 0 spiro atoms. The molecule has 170 valence electrons. The van der Waals surface area contributed by atoms with Gasteiger partial charge in [-0.15, -0.1) is 0 Å². The smallest absolute Gasteiger partial charge is 0.347 e. The second-order valence-corrected chi connectivity index (χ2v) is 8.64. The number of carbonyl (C=O) groups excluding carboxylic acids is 2. The zero-order valence-electron chi connectivity index (χ0n) is 18.6. The third kappa shape index (κ3) is 4.86. The number of esters is 2. The van der Waals surface area contributed by atoms with Crippen molar-refractivity contribution in [2.75, 3.05) is 13.7 Å². The molecule has 3 saturated heterocycles. The lowest BCUT2D eigenvalue weighted by Crippen LogP contribution is -2.37. The average molecular weight is 428 g/mol. The van der Waals surface area contributed by atoms with Crippen LogP contribution in [0.3, 0.4) is 0 Å². The Kier molecular flexibility index (Phi) is 6.60. The molecule has 0 radical (unpaired) electrons. The van der Waals surface area contributed by atoms with E-state index in [0.29, 0.717) is 13.0 Å². The highest BCUT2D eigenvalue weighted by Crippen LogP contribution is 2.44. The second kappa shape index (κ2) is 8.55. The van der Waals surface area contributed by atoms with Crippen molar-refractivity contribution in [2.24, 2.45) is 5.92 Å². The molecule has 0 amide bonds. The Morgan fingerprint density at radius 3 is 2.37 bits per heavy atom. The van der Waals surface area contributed by atoms with Gasteiger partial charge in [-0.2, -0.15) is 0 Å². The van der Waals surface area contributed by atoms with Gasteiger partial charge in [0.25, 0.3) is 0 Å². The molecular formula is C21H32O9. The Morgan fingerprint density at radius 1 is 1.13 bits per heavy atom. The molecule has 3 heterocycles. The van der Waals surface area contributed by atoms with E-state index in [-0.39, 0.29) is 6.10 Å². The Balaban J connectivity index is 1.93. The highest BCUT2D eigenvalue weighted by Gasteiger charge is 2.55. The Hall–Kier alpha value is -1.52. The van der Waals surface area contributed by atoms with Gasteiger partial charge < -0.3 is 33.2 Å². The van der Waals surface area contributed by atoms with Gasteiger partial charge in [0.2, 0.25) is 6.10 Å². The van der Waals surface area contributed by atoms with Gasteiger partial charge in [0.1, 0.15) is 18.3 Å². The molecule has 0 aliphatic carbocycles. The van der Waals surface area contributed by atoms with Gasteiger partial charge in [0, 0.05) is 12.8 Å². The van der Waals surface area contributed by atoms with Crippen LogP contribution in [-0.2, 0) is 42.7 Å². The van der Waals surface area contributed by atoms with E-state index in [1.165, 1.54) is 14.0 Å². The largest absolute Gasteiger partial charge is 0.466 e. The molecule has 0 aromatic carbocycles. The van der Waals surface area contributed by atoms with Crippen LogP contribution in [0.4, 0.5) is 0 Å². The molecule has 0 saturated carbocycles. The Labute approximate surface area is 176 Å². The molecule has 0 unspecified atom stereocenters. The standard InChI is InChI=1S/C21H32O9/c1-8-12(15(18(23)24-7)26-11(2)22)9-13-16(14-10-25-20(3,4)28-14)27-19-17(13)29-21(5,6)30-19/h9,12,14-17,19H,8,10H2,1-7H3/b13-9-/t12-,14+,15+,16-,17+,19+/m0/s1. The van der Waals surface area contributed by atoms with E-state index in [4.69, 9.17) is 33.2 Å². The number of methoxy groups -OCH3 is 1. The first-order valence-corrected chi connectivity index (χ1v) is 10.3. The van der Waals surface area contributed by atoms with Crippen molar-refractivity contribution in [3.05, 3.63) is 11.6 Å². The molecular weight excluding hydrogens is 396 g/mol. The van der Waals surface area contributed by atoms with Crippen molar-refractivity contribution >= 4 is 11.9 Å². The van der Waals surface area contributed by atoms with E-state index in [1.54, 1.807) is 0 Å². The number of ether oxygens (including phenoxy) is 7. The van der Waals surface area contributed by atoms with Crippen LogP contribution in [0.2, 0.25) is 0 Å². The van der Waals surface area contributed by atoms with Crippen molar-refractivity contribution in [3.63, 3.8) is 0 Å². The van der Waals surface area contributed by atoms with Gasteiger partial charge in [0.15, 0.2) is 17.9 Å². The summed E-state index contributed by atoms with van der Waals surface area (Å²) in [4.78, 5) is 23.9. The van der Waals surface area contributed by atoms with Gasteiger partial charge in [-0.05, 0) is 39.7 Å². The van der Waals surface area contributed by atoms with Crippen LogP contribution in [-0.4, -0.2) is 67.9 Å². The molecule has 9 nitrogen and oxygen atoms in total. The van der Waals surface area contributed by atoms with Crippen molar-refractivity contribution in [1.82, 2.24) is 0 Å². The third-order valence-corrected chi connectivity index (χ3v) is 5.36. The topological polar surface area (TPSA) is 98.8 Å². The minimum Gasteiger partial charge on any atom is -0.466 e. The van der Waals surface area contributed by atoms with Crippen LogP contribution < -0.4 is 0 Å². The first-order valence-electron chi connectivity index (χ1n) is 10.3. The zero-order valence-corrected chi connectivity index (χ0v) is 18.6. The normalized spacial score (nSPS) is 35.1. The summed E-state index contributed by atoms with van der Waals surface area (Å²) >= 11 is 0. The predicted octanol–water partition coefficient (Wildman–Crippen LogP) is 2.07. The van der Waals surface area contributed by atoms with Gasteiger partial charge in [0.05, 0.1) is 13.7 Å². The van der Waals surface area contributed by atoms with Crippen LogP contribution in [0.1, 0.15) is 48.0 Å². The summed E-state index contributed by atoms with van der Waals surface area (Å²) in [6, 6.07) is 0. The quantitative estimate of drug-likeness (QED) is 0.465. The maximum absolute atomic E-state index is 12.3. The summed E-state index contributed by atoms with van der Waals surface area (Å²) in [7, 11) is 1.26. The lowest BCUT2D eigenvalue weighted by Gasteiger charge is -2.27. The summed E-state index contributed by atoms with van der Waals surface area (Å²) in [5, 5.41) is 0. The SMILES string of the molecule is CC[C@@H](/C=C1\[C@H]2OC(C)(C)O[C@H]2O[C@@H]1[C@H]1COC(C)(C)O1)[C@@H](OC(C)=O)C(=O)OC. The van der Waals surface area contributed by atoms with Crippen LogP contribution in [0.25, 0.3) is 0 Å². The van der Waals surface area contributed by atoms with E-state index in [0.717, 1.165) is 5.57 Å². The molecule has 3 aliphatic heterocycles. The molecule has 3 fully saturated rings. The highest BCUT2D eigenvalue weighted by molar-refractivity contribution is 5.79. The fraction of sp³-hybridized carbons (Fsp3) is 0.810. The molecule has 0 aromatic heterocycles. The first kappa shape index (κ1) is 23.1. The van der Waals surface area contributed by atoms with E-state index in [1.807, 2.05) is 40.7 Å². The molecule has 0 N–H and O–H groups in total. The summed E-state index contributed by atoms with van der Waals surface area (Å²) < 4.78 is 40.0. The predicted molar refractivity (Wildman–Crippen MR) is 103 cm³/mol. The van der Waals surface area contributed by atoms with Gasteiger partial charge in [-0.1, -0.05) is 13.0 Å². The zero-order chi connectivity index (χ0) is 22.3. The van der Waals surface area contributed by atoms with Crippen LogP contribution in [0.5, 0.6) is 0 Å². The lowest BCUT2D eigenvalue weighted by molar-refractivity contribution is -0.215. The fourth-order valence-electron chi connectivity index (χ4n) is 4.07. The van der Waals surface area contributed by atoms with Crippen molar-refractivity contribution < 1.29 is 42.7 Å². The molecule has 3 rings (SSSR count). The number of carbonyl (C=O) groups is 2. The highest BCUT2D eigenvalue weighted by atomic mass is 16.8. The maximum atomic E-state index is 12.3. The van der Waals surface area contributed by atoms with Gasteiger partial charge in [-0.3, -0.25) is 4.79 Å². The second-order valence-electron chi connectivity index (χ2n) is 8.64. The Morgan fingerprint density at radius 2 is 1.83 bits per heavy atom. The van der Waals surface area contributed by atoms with Crippen molar-refractivity contribution in [2.45, 2.75) is 90.2 Å². The minimum absolute atomic E-state index is 0.346. The summed E-state index contributed by atoms with van der Waals surface area (Å²) in [5.74, 6) is -3.16. The lowest BCUT2D eigenvalue weighted by atomic mass is 9.91. The number of rotatable bonds is 6. The first-order chi connectivity index (χ1) is 14.0. The van der Waals surface area contributed by atoms with Crippen molar-refractivity contribution in [3.8, 4) is 0 Å². The van der Waals surface area contributed by atoms with E-state index >= 15 is 0 Å². The summed E-state index contributed by atoms with van der Waals surface area (Å²) in [6.45, 7) is 10.8. The fourth-order valence-corrected chi connectivity index (χ4v) is 4.07. The van der Waals surface area contributed by atoms with E-state index in [9.17, 15) is 9.59 Å². The number of hydrogen-bond donors (Lipinski definition) is 0. The van der Waals surface area contributed by atoms with Gasteiger partial charge in [-0.25, -0.2) is 4.79 Å². The number of fused-ring (bicyclic) bond motifs is 1. The molecule has 30 heavy (non-hydrogen) atoms. The molecule has 6 atom stereocenters. The molecule has 0 aromatic rings. The van der Waals surface area contributed by atoms with E-state index < -0.39 is 54.0 Å². The monoisotopic (exact) mass is 428 g/mol. The molecule has 9 heteroatoms. The van der Waals surface area contributed by atoms with Crippen LogP contribution >= 0.6 is 0 Å². The van der Waals surface area contributed by atoms with Crippen LogP contribution in [0.15, 0.2) is 11.6 Å². The number of hydrogen-bond acceptors (Lipinski definition) is 9. The minimum atomic E-state index is -1.07. The summed E-state index contributed by atoms with van der Waals surface area (Å²) in [5.41, 5.74) is 0.782. The summed E-state index contributed by atoms with van der Waals surface area (Å²) in [6.07, 6.45) is -0.597. The average Bonchev–Trinajstić information content (AvgIpc) is 3.26.